The van der Waals surface area contributed by atoms with Crippen LogP contribution in [0.3, 0.4) is 0 Å². The van der Waals surface area contributed by atoms with Crippen molar-refractivity contribution >= 4 is 32.1 Å². The molecule has 0 atom stereocenters. The van der Waals surface area contributed by atoms with E-state index in [-0.39, 0.29) is 5.39 Å². The molecule has 4 heteroatoms. The van der Waals surface area contributed by atoms with Crippen LogP contribution in [0, 0.1) is 22.4 Å². The maximum absolute atomic E-state index is 12.5. The van der Waals surface area contributed by atoms with E-state index >= 15 is 0 Å². The second-order valence-corrected chi connectivity index (χ2v) is 3.59. The molecule has 0 bridgehead atoms. The van der Waals surface area contributed by atoms with E-state index in [1.807, 2.05) is 0 Å². The minimum Gasteiger partial charge on any atom is -0.205 e. The van der Waals surface area contributed by atoms with Gasteiger partial charge in [0.05, 0.1) is 20.2 Å². The van der Waals surface area contributed by atoms with Crippen LogP contribution >= 0.6 is 22.7 Å². The van der Waals surface area contributed by atoms with Crippen molar-refractivity contribution < 1.29 is 8.78 Å². The summed E-state index contributed by atoms with van der Waals surface area (Å²) in [6.45, 7) is 0. The monoisotopic (exact) mass is 174 g/mol. The molecule has 2 aromatic rings. The minimum atomic E-state index is -0.602. The van der Waals surface area contributed by atoms with Crippen molar-refractivity contribution in [3.63, 3.8) is 0 Å². The Kier molecular flexibility index (Phi) is 1.25. The Morgan fingerprint density at radius 1 is 1.00 bits per heavy atom. The van der Waals surface area contributed by atoms with Crippen molar-refractivity contribution in [2.45, 2.75) is 0 Å². The number of hydrogen-bond donors (Lipinski definition) is 0. The van der Waals surface area contributed by atoms with Gasteiger partial charge in [-0.05, 0) is 0 Å². The Morgan fingerprint density at radius 3 is 1.90 bits per heavy atom. The molecule has 2 radical (unpaired) electrons. The number of rotatable bonds is 0. The van der Waals surface area contributed by atoms with E-state index in [2.05, 4.69) is 10.8 Å². The van der Waals surface area contributed by atoms with Crippen LogP contribution in [-0.4, -0.2) is 0 Å². The first kappa shape index (κ1) is 6.24. The normalized spacial score (nSPS) is 11.0. The summed E-state index contributed by atoms with van der Waals surface area (Å²) < 4.78 is 25.7. The van der Waals surface area contributed by atoms with Gasteiger partial charge < -0.3 is 0 Å². The van der Waals surface area contributed by atoms with Gasteiger partial charge in [-0.2, -0.15) is 0 Å². The standard InChI is InChI=1S/C6F2S2/c7-3-1-9-6-5(3)4(8)2-10-6. The molecule has 0 saturated heterocycles. The fraction of sp³-hybridized carbons (Fsp3) is 0. The lowest BCUT2D eigenvalue weighted by Gasteiger charge is -1.76. The van der Waals surface area contributed by atoms with Gasteiger partial charge in [-0.1, -0.05) is 0 Å². The summed E-state index contributed by atoms with van der Waals surface area (Å²) in [6.07, 6.45) is 0. The quantitative estimate of drug-likeness (QED) is 0.576. The molecule has 0 amide bonds. The number of halogens is 2. The van der Waals surface area contributed by atoms with Crippen molar-refractivity contribution in [2.24, 2.45) is 0 Å². The predicted octanol–water partition coefficient (Wildman–Crippen LogP) is 2.84. The molecule has 0 nitrogen and oxygen atoms in total. The average Bonchev–Trinajstić information content (AvgIpc) is 2.40. The molecule has 10 heavy (non-hydrogen) atoms. The largest absolute Gasteiger partial charge is 0.205 e. The number of hydrogen-bond acceptors (Lipinski definition) is 2. The average molecular weight is 174 g/mol. The summed E-state index contributed by atoms with van der Waals surface area (Å²) in [5.41, 5.74) is 0. The Balaban J connectivity index is 2.98. The van der Waals surface area contributed by atoms with Crippen LogP contribution < -0.4 is 0 Å². The number of thiophene rings is 2. The molecule has 0 unspecified atom stereocenters. The second-order valence-electron chi connectivity index (χ2n) is 1.70. The first-order valence-corrected chi connectivity index (χ1v) is 4.08. The molecular weight excluding hydrogens is 174 g/mol. The molecule has 0 aliphatic carbocycles. The van der Waals surface area contributed by atoms with Crippen LogP contribution in [0.2, 0.25) is 0 Å². The van der Waals surface area contributed by atoms with E-state index < -0.39 is 11.6 Å². The fourth-order valence-electron chi connectivity index (χ4n) is 0.683. The summed E-state index contributed by atoms with van der Waals surface area (Å²) in [4.78, 5) is 0. The van der Waals surface area contributed by atoms with E-state index in [9.17, 15) is 8.78 Å². The Hall–Kier alpha value is -0.480. The van der Waals surface area contributed by atoms with Crippen molar-refractivity contribution in [1.82, 2.24) is 0 Å². The van der Waals surface area contributed by atoms with Crippen LogP contribution in [0.25, 0.3) is 9.40 Å². The highest BCUT2D eigenvalue weighted by atomic mass is 32.2. The van der Waals surface area contributed by atoms with Crippen LogP contribution in [0.4, 0.5) is 8.78 Å². The third-order valence-corrected chi connectivity index (χ3v) is 2.95. The smallest absolute Gasteiger partial charge is 0.154 e. The highest BCUT2D eigenvalue weighted by molar-refractivity contribution is 7.36. The van der Waals surface area contributed by atoms with E-state index in [4.69, 9.17) is 0 Å². The van der Waals surface area contributed by atoms with Gasteiger partial charge in [0, 0.05) is 0 Å². The Morgan fingerprint density at radius 2 is 1.50 bits per heavy atom. The van der Waals surface area contributed by atoms with Crippen LogP contribution in [-0.2, 0) is 0 Å². The van der Waals surface area contributed by atoms with Gasteiger partial charge in [-0.15, -0.1) is 22.7 Å². The molecule has 2 rings (SSSR count). The first-order valence-electron chi connectivity index (χ1n) is 2.44. The third-order valence-electron chi connectivity index (χ3n) is 1.11. The van der Waals surface area contributed by atoms with E-state index in [1.165, 1.54) is 0 Å². The maximum Gasteiger partial charge on any atom is 0.154 e. The van der Waals surface area contributed by atoms with Gasteiger partial charge >= 0.3 is 0 Å². The Labute approximate surface area is 63.7 Å². The fourth-order valence-corrected chi connectivity index (χ4v) is 2.23. The lowest BCUT2D eigenvalue weighted by molar-refractivity contribution is 0.612. The van der Waals surface area contributed by atoms with Crippen molar-refractivity contribution in [1.29, 1.82) is 0 Å². The summed E-state index contributed by atoms with van der Waals surface area (Å²) >= 11 is 2.16. The zero-order chi connectivity index (χ0) is 7.14. The van der Waals surface area contributed by atoms with Crippen molar-refractivity contribution in [2.75, 3.05) is 0 Å². The lowest BCUT2D eigenvalue weighted by Crippen LogP contribution is -1.67. The summed E-state index contributed by atoms with van der Waals surface area (Å²) in [7, 11) is 0. The topological polar surface area (TPSA) is 0 Å². The van der Waals surface area contributed by atoms with E-state index in [0.29, 0.717) is 4.01 Å². The molecule has 0 saturated carbocycles. The zero-order valence-corrected chi connectivity index (χ0v) is 6.21. The number of fused-ring (bicyclic) bond motifs is 1. The third kappa shape index (κ3) is 0.690. The predicted molar refractivity (Wildman–Crippen MR) is 37.3 cm³/mol. The SMILES string of the molecule is Fc1[c]sc2s[c]c(F)c12. The molecular formula is C6F2S2. The van der Waals surface area contributed by atoms with Gasteiger partial charge in [0.2, 0.25) is 0 Å². The van der Waals surface area contributed by atoms with Gasteiger partial charge in [-0.3, -0.25) is 0 Å². The summed E-state index contributed by atoms with van der Waals surface area (Å²) in [5.74, 6) is -1.20. The van der Waals surface area contributed by atoms with Gasteiger partial charge in [-0.25, -0.2) is 8.78 Å². The molecule has 0 aliphatic heterocycles. The minimum absolute atomic E-state index is 0.0370. The zero-order valence-electron chi connectivity index (χ0n) is 4.57. The molecule has 0 N–H and O–H groups in total. The van der Waals surface area contributed by atoms with Crippen molar-refractivity contribution in [3.05, 3.63) is 22.4 Å². The Bertz CT molecular complexity index is 329. The molecule has 0 fully saturated rings. The van der Waals surface area contributed by atoms with Gasteiger partial charge in [0.1, 0.15) is 0 Å². The molecule has 2 heterocycles. The van der Waals surface area contributed by atoms with Crippen LogP contribution in [0.1, 0.15) is 0 Å². The van der Waals surface area contributed by atoms with E-state index in [0.717, 1.165) is 22.7 Å². The maximum atomic E-state index is 12.5. The van der Waals surface area contributed by atoms with Crippen LogP contribution in [0.15, 0.2) is 0 Å². The molecule has 0 aromatic carbocycles. The van der Waals surface area contributed by atoms with Gasteiger partial charge in [0.15, 0.2) is 11.6 Å². The van der Waals surface area contributed by atoms with E-state index in [1.54, 1.807) is 0 Å². The molecule has 50 valence electrons. The highest BCUT2D eigenvalue weighted by Crippen LogP contribution is 2.31. The van der Waals surface area contributed by atoms with Crippen molar-refractivity contribution in [3.8, 4) is 0 Å². The van der Waals surface area contributed by atoms with Gasteiger partial charge in [0.25, 0.3) is 0 Å². The first-order chi connectivity index (χ1) is 4.79. The molecule has 2 aromatic heterocycles. The summed E-state index contributed by atoms with van der Waals surface area (Å²) in [5, 5.41) is 4.68. The second kappa shape index (κ2) is 2.00. The van der Waals surface area contributed by atoms with Crippen LogP contribution in [0.5, 0.6) is 0 Å². The molecule has 0 aliphatic rings. The highest BCUT2D eigenvalue weighted by Gasteiger charge is 2.10. The molecule has 0 spiro atoms. The lowest BCUT2D eigenvalue weighted by atomic mass is 10.4. The summed E-state index contributed by atoms with van der Waals surface area (Å²) in [6, 6.07) is 0.